The van der Waals surface area contributed by atoms with Crippen LogP contribution in [0.3, 0.4) is 0 Å². The highest BCUT2D eigenvalue weighted by molar-refractivity contribution is 5.63. The highest BCUT2D eigenvalue weighted by atomic mass is 15.1. The summed E-state index contributed by atoms with van der Waals surface area (Å²) >= 11 is 0. The van der Waals surface area contributed by atoms with Crippen LogP contribution in [0.4, 0.5) is 5.95 Å². The molecule has 6 nitrogen and oxygen atoms in total. The molecule has 0 amide bonds. The number of nitrogen functional groups attached to an aromatic ring is 1. The summed E-state index contributed by atoms with van der Waals surface area (Å²) in [4.78, 5) is 16.7. The van der Waals surface area contributed by atoms with Gasteiger partial charge in [0.05, 0.1) is 17.6 Å². The Morgan fingerprint density at radius 1 is 1.28 bits per heavy atom. The first-order valence-corrected chi connectivity index (χ1v) is 5.69. The van der Waals surface area contributed by atoms with Crippen molar-refractivity contribution < 1.29 is 0 Å². The third kappa shape index (κ3) is 1.58. The standard InChI is InChI=1S/C12H12N6/c1-2-9-11(8-3-4-15-12(13)16-8)17-10-7-14-5-6-18(9)10/h3-7H,2H2,1H3,(H2,13,15,16). The predicted molar refractivity (Wildman–Crippen MR) is 67.8 cm³/mol. The van der Waals surface area contributed by atoms with E-state index in [1.165, 1.54) is 0 Å². The third-order valence-electron chi connectivity index (χ3n) is 2.78. The van der Waals surface area contributed by atoms with Gasteiger partial charge < -0.3 is 10.1 Å². The Bertz CT molecular complexity index is 703. The van der Waals surface area contributed by atoms with Crippen molar-refractivity contribution in [2.45, 2.75) is 13.3 Å². The van der Waals surface area contributed by atoms with E-state index in [-0.39, 0.29) is 5.95 Å². The van der Waals surface area contributed by atoms with Gasteiger partial charge in [-0.05, 0) is 12.5 Å². The zero-order valence-corrected chi connectivity index (χ0v) is 9.91. The average Bonchev–Trinajstić information content (AvgIpc) is 2.77. The van der Waals surface area contributed by atoms with Gasteiger partial charge in [-0.2, -0.15) is 0 Å². The van der Waals surface area contributed by atoms with Crippen LogP contribution >= 0.6 is 0 Å². The predicted octanol–water partition coefficient (Wildman–Crippen LogP) is 1.33. The molecule has 6 heteroatoms. The highest BCUT2D eigenvalue weighted by Gasteiger charge is 2.13. The molecule has 0 atom stereocenters. The molecule has 0 spiro atoms. The molecule has 90 valence electrons. The molecule has 3 aromatic rings. The van der Waals surface area contributed by atoms with E-state index in [2.05, 4.69) is 26.9 Å². The normalized spacial score (nSPS) is 10.9. The minimum Gasteiger partial charge on any atom is -0.368 e. The Morgan fingerprint density at radius 2 is 2.17 bits per heavy atom. The lowest BCUT2D eigenvalue weighted by Gasteiger charge is -2.01. The Labute approximate surface area is 104 Å². The maximum atomic E-state index is 5.61. The van der Waals surface area contributed by atoms with Gasteiger partial charge in [-0.25, -0.2) is 15.0 Å². The monoisotopic (exact) mass is 240 g/mol. The molecule has 3 aromatic heterocycles. The summed E-state index contributed by atoms with van der Waals surface area (Å²) in [7, 11) is 0. The topological polar surface area (TPSA) is 82.0 Å². The fraction of sp³-hybridized carbons (Fsp3) is 0.167. The van der Waals surface area contributed by atoms with Crippen molar-refractivity contribution in [2.75, 3.05) is 5.73 Å². The fourth-order valence-electron chi connectivity index (χ4n) is 2.01. The number of rotatable bonds is 2. The summed E-state index contributed by atoms with van der Waals surface area (Å²) in [6.45, 7) is 2.08. The second-order valence-electron chi connectivity index (χ2n) is 3.87. The van der Waals surface area contributed by atoms with E-state index in [0.29, 0.717) is 0 Å². The number of imidazole rings is 1. The van der Waals surface area contributed by atoms with Gasteiger partial charge in [0.15, 0.2) is 5.65 Å². The van der Waals surface area contributed by atoms with E-state index < -0.39 is 0 Å². The fourth-order valence-corrected chi connectivity index (χ4v) is 2.01. The van der Waals surface area contributed by atoms with Gasteiger partial charge in [0.1, 0.15) is 5.69 Å². The van der Waals surface area contributed by atoms with Crippen LogP contribution in [-0.2, 0) is 6.42 Å². The van der Waals surface area contributed by atoms with Crippen molar-refractivity contribution in [3.8, 4) is 11.4 Å². The van der Waals surface area contributed by atoms with Crippen molar-refractivity contribution in [3.63, 3.8) is 0 Å². The van der Waals surface area contributed by atoms with Gasteiger partial charge in [0, 0.05) is 18.6 Å². The smallest absolute Gasteiger partial charge is 0.220 e. The molecule has 0 radical (unpaired) electrons. The van der Waals surface area contributed by atoms with Crippen LogP contribution in [0, 0.1) is 0 Å². The van der Waals surface area contributed by atoms with Crippen molar-refractivity contribution in [2.24, 2.45) is 0 Å². The van der Waals surface area contributed by atoms with Crippen LogP contribution in [0.25, 0.3) is 17.0 Å². The minimum atomic E-state index is 0.254. The van der Waals surface area contributed by atoms with Gasteiger partial charge in [-0.15, -0.1) is 0 Å². The maximum Gasteiger partial charge on any atom is 0.220 e. The minimum absolute atomic E-state index is 0.254. The molecule has 0 saturated heterocycles. The van der Waals surface area contributed by atoms with Crippen molar-refractivity contribution in [1.82, 2.24) is 24.3 Å². The second-order valence-corrected chi connectivity index (χ2v) is 3.87. The third-order valence-corrected chi connectivity index (χ3v) is 2.78. The van der Waals surface area contributed by atoms with Gasteiger partial charge >= 0.3 is 0 Å². The first-order chi connectivity index (χ1) is 8.79. The van der Waals surface area contributed by atoms with E-state index in [1.807, 2.05) is 16.7 Å². The molecular weight excluding hydrogens is 228 g/mol. The summed E-state index contributed by atoms with van der Waals surface area (Å²) in [6.07, 6.45) is 7.86. The number of aryl methyl sites for hydroxylation is 1. The van der Waals surface area contributed by atoms with Gasteiger partial charge in [0.25, 0.3) is 0 Å². The Balaban J connectivity index is 2.28. The molecule has 0 aliphatic heterocycles. The quantitative estimate of drug-likeness (QED) is 0.730. The van der Waals surface area contributed by atoms with Gasteiger partial charge in [0.2, 0.25) is 5.95 Å². The lowest BCUT2D eigenvalue weighted by atomic mass is 10.2. The molecule has 3 heterocycles. The van der Waals surface area contributed by atoms with Crippen LogP contribution < -0.4 is 5.73 Å². The molecule has 0 bridgehead atoms. The lowest BCUT2D eigenvalue weighted by Crippen LogP contribution is -1.97. The summed E-state index contributed by atoms with van der Waals surface area (Å²) in [5, 5.41) is 0. The Morgan fingerprint density at radius 3 is 2.94 bits per heavy atom. The van der Waals surface area contributed by atoms with Crippen LogP contribution in [0.1, 0.15) is 12.6 Å². The maximum absolute atomic E-state index is 5.61. The van der Waals surface area contributed by atoms with E-state index in [4.69, 9.17) is 5.73 Å². The molecule has 3 rings (SSSR count). The van der Waals surface area contributed by atoms with Gasteiger partial charge in [-0.3, -0.25) is 4.98 Å². The summed E-state index contributed by atoms with van der Waals surface area (Å²) < 4.78 is 2.01. The molecule has 0 unspecified atom stereocenters. The largest absolute Gasteiger partial charge is 0.368 e. The van der Waals surface area contributed by atoms with E-state index in [0.717, 1.165) is 29.1 Å². The van der Waals surface area contributed by atoms with Crippen molar-refractivity contribution in [3.05, 3.63) is 36.5 Å². The molecule has 0 aliphatic rings. The number of anilines is 1. The number of fused-ring (bicyclic) bond motifs is 1. The summed E-state index contributed by atoms with van der Waals surface area (Å²) in [6, 6.07) is 1.81. The van der Waals surface area contributed by atoms with Crippen molar-refractivity contribution >= 4 is 11.6 Å². The average molecular weight is 240 g/mol. The van der Waals surface area contributed by atoms with Crippen LogP contribution in [0.5, 0.6) is 0 Å². The number of aromatic nitrogens is 5. The van der Waals surface area contributed by atoms with Crippen LogP contribution in [0.2, 0.25) is 0 Å². The molecular formula is C12H12N6. The molecule has 0 aliphatic carbocycles. The van der Waals surface area contributed by atoms with Crippen LogP contribution in [-0.4, -0.2) is 24.3 Å². The SMILES string of the molecule is CCc1c(-c2ccnc(N)n2)nc2cnccn12. The molecule has 0 saturated carbocycles. The Hall–Kier alpha value is -2.50. The first-order valence-electron chi connectivity index (χ1n) is 5.69. The summed E-state index contributed by atoms with van der Waals surface area (Å²) in [5.74, 6) is 0.254. The van der Waals surface area contributed by atoms with E-state index >= 15 is 0 Å². The van der Waals surface area contributed by atoms with E-state index in [1.54, 1.807) is 18.6 Å². The lowest BCUT2D eigenvalue weighted by molar-refractivity contribution is 0.983. The second kappa shape index (κ2) is 4.06. The summed E-state index contributed by atoms with van der Waals surface area (Å²) in [5.41, 5.74) is 9.08. The van der Waals surface area contributed by atoms with Gasteiger partial charge in [-0.1, -0.05) is 6.92 Å². The first kappa shape index (κ1) is 10.6. The number of hydrogen-bond donors (Lipinski definition) is 1. The molecule has 0 fully saturated rings. The number of nitrogens with zero attached hydrogens (tertiary/aromatic N) is 5. The van der Waals surface area contributed by atoms with Crippen molar-refractivity contribution in [1.29, 1.82) is 0 Å². The Kier molecular flexibility index (Phi) is 2.40. The number of nitrogens with two attached hydrogens (primary N) is 1. The van der Waals surface area contributed by atoms with Crippen LogP contribution in [0.15, 0.2) is 30.9 Å². The number of hydrogen-bond acceptors (Lipinski definition) is 5. The van der Waals surface area contributed by atoms with E-state index in [9.17, 15) is 0 Å². The zero-order valence-electron chi connectivity index (χ0n) is 9.91. The molecule has 18 heavy (non-hydrogen) atoms. The molecule has 0 aromatic carbocycles. The molecule has 2 N–H and O–H groups in total. The zero-order chi connectivity index (χ0) is 12.5. The highest BCUT2D eigenvalue weighted by Crippen LogP contribution is 2.22.